The van der Waals surface area contributed by atoms with E-state index in [4.69, 9.17) is 5.73 Å². The second-order valence-corrected chi connectivity index (χ2v) is 13.1. The third kappa shape index (κ3) is 8.79. The van der Waals surface area contributed by atoms with Gasteiger partial charge in [0.15, 0.2) is 0 Å². The van der Waals surface area contributed by atoms with Crippen LogP contribution >= 0.6 is 0 Å². The minimum Gasteiger partial charge on any atom is -0.386 e. The van der Waals surface area contributed by atoms with Crippen molar-refractivity contribution in [1.29, 1.82) is 0 Å². The van der Waals surface area contributed by atoms with Crippen molar-refractivity contribution in [2.45, 2.75) is 25.3 Å². The molecular formula is C47H48N4OY. The van der Waals surface area contributed by atoms with E-state index >= 15 is 0 Å². The monoisotopic (exact) mass is 773 g/mol. The number of hydroxylamine groups is 1. The predicted molar refractivity (Wildman–Crippen MR) is 223 cm³/mol. The Morgan fingerprint density at radius 2 is 1.23 bits per heavy atom. The smallest absolute Gasteiger partial charge is 0.0864 e. The van der Waals surface area contributed by atoms with Gasteiger partial charge in [-0.25, -0.2) is 0 Å². The van der Waals surface area contributed by atoms with Crippen molar-refractivity contribution in [3.8, 4) is 11.1 Å². The predicted octanol–water partition coefficient (Wildman–Crippen LogP) is 10.9. The van der Waals surface area contributed by atoms with E-state index in [0.717, 1.165) is 39.6 Å². The largest absolute Gasteiger partial charge is 0.386 e. The van der Waals surface area contributed by atoms with Crippen molar-refractivity contribution in [3.63, 3.8) is 0 Å². The van der Waals surface area contributed by atoms with Crippen molar-refractivity contribution >= 4 is 43.7 Å². The molecule has 0 aromatic heterocycles. The van der Waals surface area contributed by atoms with Crippen LogP contribution in [0.1, 0.15) is 35.1 Å². The summed E-state index contributed by atoms with van der Waals surface area (Å²) in [5, 5.41) is 22.1. The van der Waals surface area contributed by atoms with Gasteiger partial charge in [-0.2, -0.15) is 0 Å². The standard InChI is InChI=1S/C39H35N3O.C7H8.CH5N.Y/c1-41-37-22-20-30(24-38(37)42(2)43)26-13-17-28(18-14-26)39(40)27-15-11-25(12-16-27)29-19-21-35-33-9-4-3-7-31(33)32-8-5-6-10-34(32)36(35)23-29;1-7-5-3-2-4-6-7;1-2;/h3-13,15-24,26,39,41,43H,14,40H2,1-2H3;2-6H,1H3;2H2,1H3;. The Bertz CT molecular complexity index is 2320. The second-order valence-electron chi connectivity index (χ2n) is 13.1. The molecule has 0 aliphatic heterocycles. The first-order chi connectivity index (χ1) is 25.4. The van der Waals surface area contributed by atoms with E-state index in [1.54, 1.807) is 7.05 Å². The summed E-state index contributed by atoms with van der Waals surface area (Å²) in [6.45, 7) is 2.08. The Hall–Kier alpha value is -4.62. The summed E-state index contributed by atoms with van der Waals surface area (Å²) in [6, 6.07) is 49.1. The minimum atomic E-state index is -0.191. The van der Waals surface area contributed by atoms with E-state index in [2.05, 4.69) is 145 Å². The van der Waals surface area contributed by atoms with Crippen molar-refractivity contribution in [3.05, 3.63) is 180 Å². The third-order valence-electron chi connectivity index (χ3n) is 9.84. The van der Waals surface area contributed by atoms with Gasteiger partial charge in [0.2, 0.25) is 0 Å². The third-order valence-corrected chi connectivity index (χ3v) is 9.84. The molecule has 0 saturated carbocycles. The number of hydrogen-bond acceptors (Lipinski definition) is 5. The van der Waals surface area contributed by atoms with E-state index in [-0.39, 0.29) is 44.7 Å². The molecule has 2 atom stereocenters. The fourth-order valence-electron chi connectivity index (χ4n) is 7.07. The number of rotatable bonds is 6. The average molecular weight is 774 g/mol. The Balaban J connectivity index is 0.000000482. The summed E-state index contributed by atoms with van der Waals surface area (Å²) in [4.78, 5) is 0. The summed E-state index contributed by atoms with van der Waals surface area (Å²) in [7, 11) is 5.00. The van der Waals surface area contributed by atoms with E-state index < -0.39 is 0 Å². The van der Waals surface area contributed by atoms with Crippen molar-refractivity contribution in [1.82, 2.24) is 0 Å². The number of fused-ring (bicyclic) bond motifs is 6. The first-order valence-corrected chi connectivity index (χ1v) is 17.8. The number of benzene rings is 7. The van der Waals surface area contributed by atoms with Crippen LogP contribution in [0.25, 0.3) is 43.4 Å². The van der Waals surface area contributed by atoms with Gasteiger partial charge in [-0.15, -0.1) is 0 Å². The maximum atomic E-state index is 10.1. The van der Waals surface area contributed by atoms with Crippen molar-refractivity contribution in [2.24, 2.45) is 11.5 Å². The normalized spacial score (nSPS) is 13.9. The number of nitrogens with one attached hydrogen (secondary N) is 1. The molecule has 6 N–H and O–H groups in total. The zero-order valence-electron chi connectivity index (χ0n) is 31.0. The Kier molecular flexibility index (Phi) is 13.8. The van der Waals surface area contributed by atoms with E-state index in [1.165, 1.54) is 56.1 Å². The molecule has 5 nitrogen and oxygen atoms in total. The molecule has 1 aliphatic carbocycles. The maximum absolute atomic E-state index is 10.1. The molecule has 0 spiro atoms. The van der Waals surface area contributed by atoms with Crippen LogP contribution in [0.2, 0.25) is 0 Å². The van der Waals surface area contributed by atoms with Gasteiger partial charge < -0.3 is 16.8 Å². The average Bonchev–Trinajstić information content (AvgIpc) is 3.21. The summed E-state index contributed by atoms with van der Waals surface area (Å²) in [5.74, 6) is 0.240. The van der Waals surface area contributed by atoms with Crippen LogP contribution in [0.4, 0.5) is 11.4 Å². The van der Waals surface area contributed by atoms with Crippen LogP contribution in [-0.2, 0) is 32.7 Å². The molecular weight excluding hydrogens is 725 g/mol. The van der Waals surface area contributed by atoms with Crippen LogP contribution in [0.15, 0.2) is 163 Å². The molecule has 7 aromatic carbocycles. The summed E-state index contributed by atoms with van der Waals surface area (Å²) < 4.78 is 0. The molecule has 53 heavy (non-hydrogen) atoms. The SMILES string of the molecule is CN.CNc1ccc(C2C=CC(C(N)c3ccc(-c4ccc5c6ccccc6c6ccccc6c5c4)cc3)=CC2)cc1N(C)O.Cc1ccccc1.[Y]. The molecule has 0 amide bonds. The quantitative estimate of drug-likeness (QED) is 0.0999. The van der Waals surface area contributed by atoms with Crippen molar-refractivity contribution < 1.29 is 37.9 Å². The summed E-state index contributed by atoms with van der Waals surface area (Å²) in [6.07, 6.45) is 7.49. The second kappa shape index (κ2) is 18.4. The molecule has 6 heteroatoms. The molecule has 0 saturated heterocycles. The molecule has 0 fully saturated rings. The van der Waals surface area contributed by atoms with E-state index in [0.29, 0.717) is 0 Å². The van der Waals surface area contributed by atoms with Crippen LogP contribution in [0.3, 0.4) is 0 Å². The number of anilines is 2. The molecule has 8 rings (SSSR count). The molecule has 265 valence electrons. The van der Waals surface area contributed by atoms with Crippen LogP contribution in [-0.4, -0.2) is 26.4 Å². The molecule has 2 unspecified atom stereocenters. The van der Waals surface area contributed by atoms with Crippen LogP contribution < -0.4 is 21.8 Å². The Labute approximate surface area is 338 Å². The van der Waals surface area contributed by atoms with E-state index in [1.807, 2.05) is 37.4 Å². The van der Waals surface area contributed by atoms with Gasteiger partial charge in [-0.1, -0.05) is 145 Å². The minimum absolute atomic E-state index is 0. The zero-order valence-corrected chi connectivity index (χ0v) is 33.8. The number of nitrogens with zero attached hydrogens (tertiary/aromatic N) is 1. The Morgan fingerprint density at radius 3 is 1.74 bits per heavy atom. The fraction of sp³-hybridized carbons (Fsp3) is 0.149. The first kappa shape index (κ1) is 39.6. The maximum Gasteiger partial charge on any atom is 0.0864 e. The molecule has 1 aliphatic rings. The van der Waals surface area contributed by atoms with Gasteiger partial charge in [0.05, 0.1) is 17.4 Å². The number of aryl methyl sites for hydroxylation is 1. The zero-order chi connectivity index (χ0) is 36.6. The van der Waals surface area contributed by atoms with Crippen LogP contribution in [0.5, 0.6) is 0 Å². The molecule has 7 aromatic rings. The van der Waals surface area contributed by atoms with Gasteiger partial charge in [0, 0.05) is 52.7 Å². The Morgan fingerprint density at radius 1 is 0.679 bits per heavy atom. The van der Waals surface area contributed by atoms with Gasteiger partial charge >= 0.3 is 0 Å². The topological polar surface area (TPSA) is 87.5 Å². The van der Waals surface area contributed by atoms with Gasteiger partial charge in [-0.3, -0.25) is 10.3 Å². The van der Waals surface area contributed by atoms with Gasteiger partial charge in [-0.05, 0) is 98.7 Å². The summed E-state index contributed by atoms with van der Waals surface area (Å²) >= 11 is 0. The number of allylic oxidation sites excluding steroid dienone is 2. The van der Waals surface area contributed by atoms with Crippen molar-refractivity contribution in [2.75, 3.05) is 31.5 Å². The van der Waals surface area contributed by atoms with Gasteiger partial charge in [0.25, 0.3) is 0 Å². The molecule has 0 heterocycles. The van der Waals surface area contributed by atoms with Gasteiger partial charge in [0.1, 0.15) is 0 Å². The fourth-order valence-corrected chi connectivity index (χ4v) is 7.07. The molecule has 1 radical (unpaired) electrons. The number of nitrogens with two attached hydrogens (primary N) is 2. The van der Waals surface area contributed by atoms with Crippen LogP contribution in [0, 0.1) is 6.92 Å². The first-order valence-electron chi connectivity index (χ1n) is 17.8. The van der Waals surface area contributed by atoms with E-state index in [9.17, 15) is 5.21 Å². The number of hydrogen-bond donors (Lipinski definition) is 4. The molecule has 0 bridgehead atoms. The summed E-state index contributed by atoms with van der Waals surface area (Å²) in [5.41, 5.74) is 20.0.